The molecule has 2 heterocycles. The van der Waals surface area contributed by atoms with Crippen molar-refractivity contribution in [2.24, 2.45) is 10.9 Å². The van der Waals surface area contributed by atoms with Crippen molar-refractivity contribution in [1.29, 1.82) is 0 Å². The zero-order valence-corrected chi connectivity index (χ0v) is 16.5. The quantitative estimate of drug-likeness (QED) is 0.524. The predicted molar refractivity (Wildman–Crippen MR) is 109 cm³/mol. The van der Waals surface area contributed by atoms with Gasteiger partial charge in [0, 0.05) is 38.3 Å². The predicted octanol–water partition coefficient (Wildman–Crippen LogP) is 1.37. The summed E-state index contributed by atoms with van der Waals surface area (Å²) in [4.78, 5) is 34.9. The lowest BCUT2D eigenvalue weighted by Gasteiger charge is -2.26. The number of rotatable bonds is 5. The molecule has 152 valence electrons. The molecule has 3 rings (SSSR count). The Morgan fingerprint density at radius 2 is 2.07 bits per heavy atom. The van der Waals surface area contributed by atoms with E-state index >= 15 is 0 Å². The van der Waals surface area contributed by atoms with Gasteiger partial charge in [0.2, 0.25) is 11.8 Å². The average molecular weight is 387 g/mol. The van der Waals surface area contributed by atoms with Gasteiger partial charge in [0.1, 0.15) is 0 Å². The molecule has 2 fully saturated rings. The lowest BCUT2D eigenvalue weighted by Crippen LogP contribution is -2.47. The number of aliphatic imine (C=N–C) groups is 1. The number of guanidine groups is 1. The van der Waals surface area contributed by atoms with E-state index in [1.807, 2.05) is 4.90 Å². The van der Waals surface area contributed by atoms with Gasteiger partial charge in [-0.1, -0.05) is 19.3 Å². The third-order valence-electron chi connectivity index (χ3n) is 5.38. The summed E-state index contributed by atoms with van der Waals surface area (Å²) in [7, 11) is 1.67. The first-order chi connectivity index (χ1) is 13.7. The fourth-order valence-corrected chi connectivity index (χ4v) is 3.88. The van der Waals surface area contributed by atoms with Crippen molar-refractivity contribution in [2.45, 2.75) is 44.6 Å². The van der Waals surface area contributed by atoms with Crippen LogP contribution in [0.5, 0.6) is 0 Å². The summed E-state index contributed by atoms with van der Waals surface area (Å²) in [5.41, 5.74) is 0.657. The molecule has 0 bridgehead atoms. The summed E-state index contributed by atoms with van der Waals surface area (Å²) in [6.45, 7) is 1.58. The largest absolute Gasteiger partial charge is 0.352 e. The van der Waals surface area contributed by atoms with Gasteiger partial charge in [0.05, 0.1) is 18.4 Å². The molecule has 1 atom stereocenters. The number of hydrogen-bond acceptors (Lipinski definition) is 4. The third-order valence-corrected chi connectivity index (χ3v) is 5.38. The fraction of sp³-hybridized carbons (Fsp3) is 0.600. The molecule has 28 heavy (non-hydrogen) atoms. The smallest absolute Gasteiger partial charge is 0.243 e. The number of nitrogens with zero attached hydrogens (tertiary/aromatic N) is 3. The molecular weight excluding hydrogens is 356 g/mol. The Hall–Kier alpha value is -2.64. The van der Waals surface area contributed by atoms with Crippen LogP contribution in [0.1, 0.15) is 38.5 Å². The molecule has 0 spiro atoms. The molecule has 1 aliphatic heterocycles. The van der Waals surface area contributed by atoms with Crippen molar-refractivity contribution in [3.05, 3.63) is 24.5 Å². The van der Waals surface area contributed by atoms with E-state index in [-0.39, 0.29) is 24.4 Å². The summed E-state index contributed by atoms with van der Waals surface area (Å²) >= 11 is 0. The maximum Gasteiger partial charge on any atom is 0.243 e. The first-order valence-electron chi connectivity index (χ1n) is 10.1. The molecule has 1 saturated carbocycles. The van der Waals surface area contributed by atoms with Crippen LogP contribution in [0, 0.1) is 5.92 Å². The Balaban J connectivity index is 1.41. The molecule has 0 aromatic carbocycles. The zero-order valence-electron chi connectivity index (χ0n) is 16.5. The average Bonchev–Trinajstić information content (AvgIpc) is 3.20. The molecule has 2 amide bonds. The van der Waals surface area contributed by atoms with Crippen LogP contribution in [-0.4, -0.2) is 60.4 Å². The van der Waals surface area contributed by atoms with Gasteiger partial charge in [-0.2, -0.15) is 0 Å². The highest BCUT2D eigenvalue weighted by atomic mass is 16.2. The van der Waals surface area contributed by atoms with E-state index < -0.39 is 0 Å². The van der Waals surface area contributed by atoms with Crippen LogP contribution in [0.3, 0.4) is 0 Å². The summed E-state index contributed by atoms with van der Waals surface area (Å²) < 4.78 is 0. The van der Waals surface area contributed by atoms with Crippen molar-refractivity contribution < 1.29 is 9.59 Å². The Morgan fingerprint density at radius 3 is 2.79 bits per heavy atom. The van der Waals surface area contributed by atoms with Crippen LogP contribution in [-0.2, 0) is 9.59 Å². The van der Waals surface area contributed by atoms with E-state index in [0.717, 1.165) is 25.8 Å². The van der Waals surface area contributed by atoms with E-state index in [9.17, 15) is 9.59 Å². The number of hydrogen-bond donors (Lipinski definition) is 3. The summed E-state index contributed by atoms with van der Waals surface area (Å²) in [6.07, 6.45) is 9.80. The molecule has 8 nitrogen and oxygen atoms in total. The molecule has 1 unspecified atom stereocenters. The number of carbonyl (C=O) groups excluding carboxylic acids is 2. The summed E-state index contributed by atoms with van der Waals surface area (Å²) in [5.74, 6) is 0.915. The Bertz CT molecular complexity index is 687. The van der Waals surface area contributed by atoms with E-state index in [2.05, 4.69) is 25.9 Å². The maximum absolute atomic E-state index is 12.7. The van der Waals surface area contributed by atoms with Crippen molar-refractivity contribution in [2.75, 3.05) is 32.0 Å². The number of amides is 2. The number of likely N-dealkylation sites (tertiary alicyclic amines) is 1. The topological polar surface area (TPSA) is 98.7 Å². The van der Waals surface area contributed by atoms with E-state index in [0.29, 0.717) is 24.1 Å². The molecule has 3 N–H and O–H groups in total. The minimum absolute atomic E-state index is 0.103. The van der Waals surface area contributed by atoms with E-state index in [1.165, 1.54) is 19.3 Å². The van der Waals surface area contributed by atoms with E-state index in [1.54, 1.807) is 31.6 Å². The van der Waals surface area contributed by atoms with Crippen molar-refractivity contribution in [3.63, 3.8) is 0 Å². The second-order valence-electron chi connectivity index (χ2n) is 7.46. The molecule has 2 aliphatic rings. The monoisotopic (exact) mass is 386 g/mol. The van der Waals surface area contributed by atoms with Crippen LogP contribution in [0.25, 0.3) is 0 Å². The molecule has 1 aliphatic carbocycles. The Morgan fingerprint density at radius 1 is 1.25 bits per heavy atom. The lowest BCUT2D eigenvalue weighted by atomic mass is 9.88. The molecule has 0 radical (unpaired) electrons. The standard InChI is InChI=1S/C20H30N6O2/c1-21-20(23-13-18(27)24-16-8-5-10-22-12-16)25-17-9-11-26(14-17)19(28)15-6-3-2-4-7-15/h5,8,10,12,15,17H,2-4,6-7,9,11,13-14H2,1H3,(H,24,27)(H2,21,23,25). The highest BCUT2D eigenvalue weighted by Gasteiger charge is 2.31. The minimum atomic E-state index is -0.170. The van der Waals surface area contributed by atoms with E-state index in [4.69, 9.17) is 0 Å². The first-order valence-corrected chi connectivity index (χ1v) is 10.1. The van der Waals surface area contributed by atoms with Crippen LogP contribution >= 0.6 is 0 Å². The summed E-state index contributed by atoms with van der Waals surface area (Å²) in [6, 6.07) is 3.71. The van der Waals surface area contributed by atoms with Crippen molar-refractivity contribution in [1.82, 2.24) is 20.5 Å². The van der Waals surface area contributed by atoms with Gasteiger partial charge in [-0.25, -0.2) is 0 Å². The molecule has 1 aromatic rings. The van der Waals surface area contributed by atoms with Crippen LogP contribution in [0.15, 0.2) is 29.5 Å². The van der Waals surface area contributed by atoms with Gasteiger partial charge in [-0.15, -0.1) is 0 Å². The normalized spacial score (nSPS) is 20.7. The van der Waals surface area contributed by atoms with Gasteiger partial charge in [-0.05, 0) is 31.4 Å². The molecule has 1 saturated heterocycles. The van der Waals surface area contributed by atoms with Crippen molar-refractivity contribution >= 4 is 23.5 Å². The van der Waals surface area contributed by atoms with Gasteiger partial charge in [-0.3, -0.25) is 19.6 Å². The van der Waals surface area contributed by atoms with Gasteiger partial charge >= 0.3 is 0 Å². The lowest BCUT2D eigenvalue weighted by molar-refractivity contribution is -0.135. The SMILES string of the molecule is CN=C(NCC(=O)Nc1cccnc1)NC1CCN(C(=O)C2CCCCC2)C1. The highest BCUT2D eigenvalue weighted by molar-refractivity contribution is 5.94. The Labute approximate surface area is 166 Å². The minimum Gasteiger partial charge on any atom is -0.352 e. The van der Waals surface area contributed by atoms with Crippen LogP contribution < -0.4 is 16.0 Å². The van der Waals surface area contributed by atoms with Gasteiger partial charge in [0.15, 0.2) is 5.96 Å². The fourth-order valence-electron chi connectivity index (χ4n) is 3.88. The number of nitrogens with one attached hydrogen (secondary N) is 3. The van der Waals surface area contributed by atoms with Crippen LogP contribution in [0.2, 0.25) is 0 Å². The second-order valence-corrected chi connectivity index (χ2v) is 7.46. The van der Waals surface area contributed by atoms with Gasteiger partial charge < -0.3 is 20.9 Å². The second kappa shape index (κ2) is 10.1. The molecular formula is C20H30N6O2. The highest BCUT2D eigenvalue weighted by Crippen LogP contribution is 2.26. The summed E-state index contributed by atoms with van der Waals surface area (Å²) in [5, 5.41) is 9.13. The number of aromatic nitrogens is 1. The third kappa shape index (κ3) is 5.68. The number of pyridine rings is 1. The molecule has 8 heteroatoms. The number of anilines is 1. The van der Waals surface area contributed by atoms with Crippen LogP contribution in [0.4, 0.5) is 5.69 Å². The Kier molecular flexibility index (Phi) is 7.22. The van der Waals surface area contributed by atoms with Crippen molar-refractivity contribution in [3.8, 4) is 0 Å². The number of carbonyl (C=O) groups is 2. The maximum atomic E-state index is 12.7. The zero-order chi connectivity index (χ0) is 19.8. The van der Waals surface area contributed by atoms with Gasteiger partial charge in [0.25, 0.3) is 0 Å². The molecule has 1 aromatic heterocycles. The first kappa shape index (κ1) is 20.1.